The maximum atomic E-state index is 11.6. The first-order valence-electron chi connectivity index (χ1n) is 8.03. The molecule has 25 heavy (non-hydrogen) atoms. The molecular weight excluding hydrogens is 338 g/mol. The van der Waals surface area contributed by atoms with Gasteiger partial charge >= 0.3 is 5.97 Å². The van der Waals surface area contributed by atoms with Crippen LogP contribution in [0.3, 0.4) is 0 Å². The molecule has 0 radical (unpaired) electrons. The zero-order valence-corrected chi connectivity index (χ0v) is 15.2. The van der Waals surface area contributed by atoms with Crippen LogP contribution in [0.5, 0.6) is 5.75 Å². The summed E-state index contributed by atoms with van der Waals surface area (Å²) in [7, 11) is 1.31. The Hall–Kier alpha value is -2.59. The van der Waals surface area contributed by atoms with E-state index in [-0.39, 0.29) is 5.69 Å². The molecule has 0 saturated carbocycles. The molecule has 0 aliphatic rings. The van der Waals surface area contributed by atoms with Crippen molar-refractivity contribution in [2.75, 3.05) is 7.11 Å². The zero-order chi connectivity index (χ0) is 18.2. The highest BCUT2D eigenvalue weighted by Crippen LogP contribution is 2.27. The van der Waals surface area contributed by atoms with Crippen LogP contribution < -0.4 is 4.74 Å². The summed E-state index contributed by atoms with van der Waals surface area (Å²) in [4.78, 5) is 15.8. The molecule has 0 N–H and O–H groups in total. The number of rotatable bonds is 4. The predicted molar refractivity (Wildman–Crippen MR) is 100 cm³/mol. The van der Waals surface area contributed by atoms with Gasteiger partial charge in [0.2, 0.25) is 0 Å². The number of benzene rings is 2. The van der Waals surface area contributed by atoms with Crippen molar-refractivity contribution in [2.24, 2.45) is 0 Å². The fourth-order valence-corrected chi connectivity index (χ4v) is 2.46. The third kappa shape index (κ3) is 4.70. The Balaban J connectivity index is 0.00000109. The largest absolute Gasteiger partial charge is 0.489 e. The molecule has 1 heterocycles. The van der Waals surface area contributed by atoms with Crippen LogP contribution in [-0.2, 0) is 11.3 Å². The van der Waals surface area contributed by atoms with Gasteiger partial charge in [-0.1, -0.05) is 55.8 Å². The van der Waals surface area contributed by atoms with Gasteiger partial charge in [0.05, 0.1) is 17.6 Å². The summed E-state index contributed by atoms with van der Waals surface area (Å²) in [5.74, 6) is 0.175. The van der Waals surface area contributed by atoms with Crippen LogP contribution in [-0.4, -0.2) is 18.1 Å². The molecule has 0 unspecified atom stereocenters. The van der Waals surface area contributed by atoms with E-state index in [1.54, 1.807) is 12.1 Å². The smallest absolute Gasteiger partial charge is 0.356 e. The number of halogens is 1. The van der Waals surface area contributed by atoms with Gasteiger partial charge in [-0.3, -0.25) is 0 Å². The second-order valence-electron chi connectivity index (χ2n) is 4.93. The molecule has 4 nitrogen and oxygen atoms in total. The number of methoxy groups -OCH3 is 1. The van der Waals surface area contributed by atoms with Crippen molar-refractivity contribution >= 4 is 28.5 Å². The van der Waals surface area contributed by atoms with Crippen LogP contribution in [0, 0.1) is 0 Å². The molecule has 0 bridgehead atoms. The topological polar surface area (TPSA) is 48.4 Å². The van der Waals surface area contributed by atoms with E-state index < -0.39 is 5.97 Å². The number of ether oxygens (including phenoxy) is 2. The van der Waals surface area contributed by atoms with Crippen LogP contribution in [0.25, 0.3) is 10.9 Å². The number of nitrogens with zero attached hydrogens (tertiary/aromatic N) is 1. The average Bonchev–Trinajstić information content (AvgIpc) is 2.68. The number of pyridine rings is 1. The van der Waals surface area contributed by atoms with E-state index in [9.17, 15) is 4.79 Å². The van der Waals surface area contributed by atoms with Gasteiger partial charge in [-0.2, -0.15) is 0 Å². The number of esters is 1. The molecule has 0 aliphatic heterocycles. The van der Waals surface area contributed by atoms with E-state index in [2.05, 4.69) is 9.72 Å². The van der Waals surface area contributed by atoms with E-state index >= 15 is 0 Å². The summed E-state index contributed by atoms with van der Waals surface area (Å²) in [6, 6.07) is 16.8. The Kier molecular flexibility index (Phi) is 6.78. The highest BCUT2D eigenvalue weighted by molar-refractivity contribution is 6.35. The van der Waals surface area contributed by atoms with Crippen LogP contribution >= 0.6 is 11.6 Å². The lowest BCUT2D eigenvalue weighted by Crippen LogP contribution is -2.04. The minimum Gasteiger partial charge on any atom is -0.489 e. The Morgan fingerprint density at radius 1 is 1.08 bits per heavy atom. The molecule has 0 atom stereocenters. The lowest BCUT2D eigenvalue weighted by molar-refractivity contribution is 0.0594. The summed E-state index contributed by atoms with van der Waals surface area (Å²) in [6.45, 7) is 4.47. The van der Waals surface area contributed by atoms with Gasteiger partial charge in [-0.25, -0.2) is 9.78 Å². The number of carbonyl (C=O) groups excluding carboxylic acids is 1. The Bertz CT molecular complexity index is 850. The first-order valence-corrected chi connectivity index (χ1v) is 8.40. The molecule has 1 aromatic heterocycles. The SMILES string of the molecule is CC.COC(=O)c1cc(Cl)c2cc(OCc3ccccc3)ccc2n1. The number of hydrogen-bond acceptors (Lipinski definition) is 4. The molecule has 5 heteroatoms. The van der Waals surface area contributed by atoms with Crippen LogP contribution in [0.1, 0.15) is 29.9 Å². The molecule has 3 aromatic rings. The lowest BCUT2D eigenvalue weighted by Gasteiger charge is -2.09. The minimum absolute atomic E-state index is 0.183. The summed E-state index contributed by atoms with van der Waals surface area (Å²) >= 11 is 6.25. The number of fused-ring (bicyclic) bond motifs is 1. The second kappa shape index (κ2) is 9.04. The molecule has 130 valence electrons. The second-order valence-corrected chi connectivity index (χ2v) is 5.34. The zero-order valence-electron chi connectivity index (χ0n) is 14.5. The number of hydrogen-bond donors (Lipinski definition) is 0. The van der Waals surface area contributed by atoms with Gasteiger partial charge in [0.15, 0.2) is 5.69 Å². The van der Waals surface area contributed by atoms with E-state index in [1.807, 2.05) is 50.2 Å². The van der Waals surface area contributed by atoms with Crippen molar-refractivity contribution in [3.05, 3.63) is 70.9 Å². The van der Waals surface area contributed by atoms with E-state index in [0.29, 0.717) is 22.9 Å². The number of carbonyl (C=O) groups is 1. The highest BCUT2D eigenvalue weighted by atomic mass is 35.5. The van der Waals surface area contributed by atoms with E-state index in [1.165, 1.54) is 13.2 Å². The quantitative estimate of drug-likeness (QED) is 0.596. The van der Waals surface area contributed by atoms with Crippen molar-refractivity contribution in [3.63, 3.8) is 0 Å². The van der Waals surface area contributed by atoms with Crippen molar-refractivity contribution in [3.8, 4) is 5.75 Å². The van der Waals surface area contributed by atoms with Crippen LogP contribution in [0.4, 0.5) is 0 Å². The Labute approximate surface area is 152 Å². The standard InChI is InChI=1S/C18H14ClNO3.C2H6/c1-22-18(21)17-10-15(19)14-9-13(7-8-16(14)20-17)23-11-12-5-3-2-4-6-12;1-2/h2-10H,11H2,1H3;1-2H3. The first kappa shape index (κ1) is 18.7. The maximum absolute atomic E-state index is 11.6. The molecule has 0 fully saturated rings. The van der Waals surface area contributed by atoms with Gasteiger partial charge in [0.25, 0.3) is 0 Å². The van der Waals surface area contributed by atoms with Crippen molar-refractivity contribution in [1.82, 2.24) is 4.98 Å². The normalized spacial score (nSPS) is 9.92. The predicted octanol–water partition coefficient (Wildman–Crippen LogP) is 5.28. The maximum Gasteiger partial charge on any atom is 0.356 e. The highest BCUT2D eigenvalue weighted by Gasteiger charge is 2.12. The van der Waals surface area contributed by atoms with Crippen LogP contribution in [0.2, 0.25) is 5.02 Å². The molecule has 2 aromatic carbocycles. The van der Waals surface area contributed by atoms with Gasteiger partial charge < -0.3 is 9.47 Å². The fraction of sp³-hybridized carbons (Fsp3) is 0.200. The molecular formula is C20H20ClNO3. The molecule has 0 spiro atoms. The Morgan fingerprint density at radius 3 is 2.48 bits per heavy atom. The van der Waals surface area contributed by atoms with Gasteiger partial charge in [0, 0.05) is 5.39 Å². The van der Waals surface area contributed by atoms with Gasteiger partial charge in [0.1, 0.15) is 12.4 Å². The average molecular weight is 358 g/mol. The minimum atomic E-state index is -0.516. The van der Waals surface area contributed by atoms with Crippen molar-refractivity contribution < 1.29 is 14.3 Å². The lowest BCUT2D eigenvalue weighted by atomic mass is 10.2. The summed E-state index contributed by atoms with van der Waals surface area (Å²) in [6.07, 6.45) is 0. The molecule has 0 amide bonds. The van der Waals surface area contributed by atoms with E-state index in [0.717, 1.165) is 10.9 Å². The summed E-state index contributed by atoms with van der Waals surface area (Å²) < 4.78 is 10.4. The van der Waals surface area contributed by atoms with Crippen molar-refractivity contribution in [2.45, 2.75) is 20.5 Å². The third-order valence-corrected chi connectivity index (χ3v) is 3.69. The molecule has 0 saturated heterocycles. The molecule has 0 aliphatic carbocycles. The van der Waals surface area contributed by atoms with E-state index in [4.69, 9.17) is 16.3 Å². The summed E-state index contributed by atoms with van der Waals surface area (Å²) in [5.41, 5.74) is 1.88. The van der Waals surface area contributed by atoms with Gasteiger partial charge in [-0.05, 0) is 29.8 Å². The first-order chi connectivity index (χ1) is 12.2. The summed E-state index contributed by atoms with van der Waals surface area (Å²) in [5, 5.41) is 1.16. The Morgan fingerprint density at radius 2 is 1.80 bits per heavy atom. The number of aromatic nitrogens is 1. The third-order valence-electron chi connectivity index (χ3n) is 3.37. The molecule has 3 rings (SSSR count). The fourth-order valence-electron chi connectivity index (χ4n) is 2.20. The monoisotopic (exact) mass is 357 g/mol. The van der Waals surface area contributed by atoms with Crippen LogP contribution in [0.15, 0.2) is 54.6 Å². The van der Waals surface area contributed by atoms with Gasteiger partial charge in [-0.15, -0.1) is 0 Å². The van der Waals surface area contributed by atoms with Crippen molar-refractivity contribution in [1.29, 1.82) is 0 Å².